The second-order valence-electron chi connectivity index (χ2n) is 6.83. The van der Waals surface area contributed by atoms with Gasteiger partial charge in [-0.25, -0.2) is 4.98 Å². The molecule has 23 heavy (non-hydrogen) atoms. The number of hydrogen-bond acceptors (Lipinski definition) is 2. The summed E-state index contributed by atoms with van der Waals surface area (Å²) in [4.78, 5) is 4.35. The van der Waals surface area contributed by atoms with E-state index in [1.807, 2.05) is 24.3 Å². The second-order valence-corrected chi connectivity index (χ2v) is 6.83. The number of aryl methyl sites for hydroxylation is 1. The summed E-state index contributed by atoms with van der Waals surface area (Å²) in [6.45, 7) is 9.92. The van der Waals surface area contributed by atoms with Crippen molar-refractivity contribution in [2.45, 2.75) is 58.9 Å². The maximum atomic E-state index is 5.52. The van der Waals surface area contributed by atoms with Crippen LogP contribution in [0.3, 0.4) is 0 Å². The van der Waals surface area contributed by atoms with Crippen molar-refractivity contribution in [1.29, 1.82) is 0 Å². The number of rotatable bonds is 2. The van der Waals surface area contributed by atoms with E-state index < -0.39 is 0 Å². The van der Waals surface area contributed by atoms with E-state index in [9.17, 15) is 0 Å². The first-order valence-electron chi connectivity index (χ1n) is 8.60. The number of para-hydroxylation sites is 2. The van der Waals surface area contributed by atoms with Crippen LogP contribution in [0.25, 0.3) is 11.1 Å². The van der Waals surface area contributed by atoms with Crippen LogP contribution in [0.5, 0.6) is 0 Å². The van der Waals surface area contributed by atoms with Gasteiger partial charge in [-0.05, 0) is 43.0 Å². The molecule has 1 aliphatic heterocycles. The molecule has 0 bridgehead atoms. The van der Waals surface area contributed by atoms with Crippen molar-refractivity contribution < 1.29 is 4.42 Å². The summed E-state index contributed by atoms with van der Waals surface area (Å²) < 4.78 is 8.00. The third-order valence-corrected chi connectivity index (χ3v) is 4.32. The zero-order valence-electron chi connectivity index (χ0n) is 14.5. The van der Waals surface area contributed by atoms with Gasteiger partial charge in [0.25, 0.3) is 0 Å². The van der Waals surface area contributed by atoms with Crippen LogP contribution in [0.2, 0.25) is 0 Å². The molecule has 0 N–H and O–H groups in total. The number of benzene rings is 1. The fraction of sp³-hybridized carbons (Fsp3) is 0.450. The van der Waals surface area contributed by atoms with E-state index in [0.717, 1.165) is 17.0 Å². The number of oxazole rings is 1. The highest BCUT2D eigenvalue weighted by Gasteiger charge is 2.14. The minimum absolute atomic E-state index is 0.359. The van der Waals surface area contributed by atoms with Crippen LogP contribution in [-0.4, -0.2) is 9.55 Å². The highest BCUT2D eigenvalue weighted by molar-refractivity contribution is 5.72. The van der Waals surface area contributed by atoms with Gasteiger partial charge in [-0.1, -0.05) is 39.8 Å². The molecule has 1 aromatic carbocycles. The van der Waals surface area contributed by atoms with E-state index in [4.69, 9.17) is 4.42 Å². The van der Waals surface area contributed by atoms with Crippen molar-refractivity contribution in [3.05, 3.63) is 53.7 Å². The Morgan fingerprint density at radius 2 is 1.78 bits per heavy atom. The van der Waals surface area contributed by atoms with Crippen LogP contribution >= 0.6 is 0 Å². The molecular weight excluding hydrogens is 284 g/mol. The second kappa shape index (κ2) is 6.61. The van der Waals surface area contributed by atoms with Crippen LogP contribution in [0.4, 0.5) is 0 Å². The smallest absolute Gasteiger partial charge is 0.198 e. The Kier molecular flexibility index (Phi) is 4.56. The number of hydrogen-bond donors (Lipinski definition) is 0. The van der Waals surface area contributed by atoms with Gasteiger partial charge in [0, 0.05) is 23.9 Å². The number of nitrogens with zero attached hydrogens (tertiary/aromatic N) is 2. The number of aromatic nitrogens is 2. The monoisotopic (exact) mass is 310 g/mol. The summed E-state index contributed by atoms with van der Waals surface area (Å²) in [5.74, 6) is 1.86. The van der Waals surface area contributed by atoms with Gasteiger partial charge >= 0.3 is 0 Å². The predicted molar refractivity (Wildman–Crippen MR) is 94.9 cm³/mol. The highest BCUT2D eigenvalue weighted by atomic mass is 16.3. The van der Waals surface area contributed by atoms with Gasteiger partial charge in [-0.2, -0.15) is 0 Å². The van der Waals surface area contributed by atoms with Crippen molar-refractivity contribution in [2.75, 3.05) is 0 Å². The first-order valence-corrected chi connectivity index (χ1v) is 8.60. The molecule has 1 aliphatic rings. The lowest BCUT2D eigenvalue weighted by Crippen LogP contribution is -2.00. The fourth-order valence-corrected chi connectivity index (χ4v) is 3.08. The van der Waals surface area contributed by atoms with Crippen molar-refractivity contribution in [2.24, 2.45) is 0 Å². The first kappa shape index (κ1) is 15.9. The Bertz CT molecular complexity index is 747. The molecule has 0 atom stereocenters. The van der Waals surface area contributed by atoms with Crippen molar-refractivity contribution in [1.82, 2.24) is 9.55 Å². The summed E-state index contributed by atoms with van der Waals surface area (Å²) in [5.41, 5.74) is 4.87. The molecule has 0 saturated carbocycles. The highest BCUT2D eigenvalue weighted by Crippen LogP contribution is 2.24. The third-order valence-electron chi connectivity index (χ3n) is 4.32. The molecule has 0 unspecified atom stereocenters. The van der Waals surface area contributed by atoms with E-state index >= 15 is 0 Å². The molecule has 0 fully saturated rings. The van der Waals surface area contributed by atoms with E-state index in [2.05, 4.69) is 49.4 Å². The molecule has 0 saturated heterocycles. The van der Waals surface area contributed by atoms with Gasteiger partial charge in [0.1, 0.15) is 5.52 Å². The van der Waals surface area contributed by atoms with Crippen LogP contribution in [-0.2, 0) is 13.0 Å². The maximum Gasteiger partial charge on any atom is 0.198 e. The van der Waals surface area contributed by atoms with E-state index in [-0.39, 0.29) is 0 Å². The summed E-state index contributed by atoms with van der Waals surface area (Å²) in [6.07, 6.45) is 2.63. The standard InChI is InChI=1S/C10H11NO.C10H15N/c1-7(2)10-11-8-5-3-4-6-9(8)12-10;1-8(2)10-6-5-9-4-3-7-11(9)10/h3-7H,1-2H3;5-6,8H,3-4,7H2,1-2H3. The van der Waals surface area contributed by atoms with E-state index in [0.29, 0.717) is 11.8 Å². The summed E-state index contributed by atoms with van der Waals surface area (Å²) in [7, 11) is 0. The van der Waals surface area contributed by atoms with Gasteiger partial charge in [0.15, 0.2) is 11.5 Å². The Morgan fingerprint density at radius 3 is 2.48 bits per heavy atom. The maximum absolute atomic E-state index is 5.52. The average molecular weight is 310 g/mol. The van der Waals surface area contributed by atoms with Gasteiger partial charge in [0.05, 0.1) is 0 Å². The summed E-state index contributed by atoms with van der Waals surface area (Å²) in [6, 6.07) is 12.4. The zero-order valence-corrected chi connectivity index (χ0v) is 14.5. The molecule has 2 aromatic heterocycles. The number of fused-ring (bicyclic) bond motifs is 2. The SMILES string of the molecule is CC(C)c1ccc2n1CCC2.CC(C)c1nc2ccccc2o1. The van der Waals surface area contributed by atoms with Crippen molar-refractivity contribution in [3.8, 4) is 0 Å². The molecule has 0 spiro atoms. The predicted octanol–water partition coefficient (Wildman–Crippen LogP) is 5.51. The van der Waals surface area contributed by atoms with Gasteiger partial charge in [0.2, 0.25) is 0 Å². The molecule has 3 heteroatoms. The third kappa shape index (κ3) is 3.34. The van der Waals surface area contributed by atoms with Crippen molar-refractivity contribution in [3.63, 3.8) is 0 Å². The topological polar surface area (TPSA) is 31.0 Å². The normalized spacial score (nSPS) is 13.5. The Morgan fingerprint density at radius 1 is 1.00 bits per heavy atom. The Hall–Kier alpha value is -2.03. The lowest BCUT2D eigenvalue weighted by molar-refractivity contribution is 0.501. The van der Waals surface area contributed by atoms with Gasteiger partial charge in [-0.15, -0.1) is 0 Å². The molecule has 4 rings (SSSR count). The summed E-state index contributed by atoms with van der Waals surface area (Å²) in [5, 5.41) is 0. The molecular formula is C20H26N2O. The van der Waals surface area contributed by atoms with E-state index in [1.165, 1.54) is 30.8 Å². The minimum Gasteiger partial charge on any atom is -0.440 e. The minimum atomic E-state index is 0.359. The van der Waals surface area contributed by atoms with Crippen molar-refractivity contribution >= 4 is 11.1 Å². The quantitative estimate of drug-likeness (QED) is 0.625. The molecule has 3 aromatic rings. The first-order chi connectivity index (χ1) is 11.1. The lowest BCUT2D eigenvalue weighted by Gasteiger charge is -2.08. The molecule has 122 valence electrons. The molecule has 0 radical (unpaired) electrons. The Balaban J connectivity index is 0.000000136. The molecule has 3 heterocycles. The van der Waals surface area contributed by atoms with Gasteiger partial charge in [-0.3, -0.25) is 0 Å². The van der Waals surface area contributed by atoms with Gasteiger partial charge < -0.3 is 8.98 Å². The van der Waals surface area contributed by atoms with Crippen LogP contribution in [0.15, 0.2) is 40.8 Å². The lowest BCUT2D eigenvalue weighted by atomic mass is 10.1. The molecule has 0 aliphatic carbocycles. The van der Waals surface area contributed by atoms with Crippen LogP contribution in [0, 0.1) is 0 Å². The molecule has 0 amide bonds. The van der Waals surface area contributed by atoms with Crippen LogP contribution in [0.1, 0.15) is 63.2 Å². The summed E-state index contributed by atoms with van der Waals surface area (Å²) >= 11 is 0. The van der Waals surface area contributed by atoms with E-state index in [1.54, 1.807) is 0 Å². The zero-order chi connectivity index (χ0) is 16.4. The fourth-order valence-electron chi connectivity index (χ4n) is 3.08. The average Bonchev–Trinajstić information content (AvgIpc) is 3.21. The molecule has 3 nitrogen and oxygen atoms in total. The largest absolute Gasteiger partial charge is 0.440 e. The Labute approximate surface area is 138 Å². The van der Waals surface area contributed by atoms with Crippen LogP contribution < -0.4 is 0 Å².